The van der Waals surface area contributed by atoms with Crippen LogP contribution in [0.2, 0.25) is 5.02 Å². The maximum absolute atomic E-state index is 12.0. The zero-order valence-electron chi connectivity index (χ0n) is 8.63. The molecule has 0 aromatic heterocycles. The second-order valence-corrected chi connectivity index (χ2v) is 3.47. The first-order chi connectivity index (χ1) is 7.92. The molecule has 0 saturated carbocycles. The van der Waals surface area contributed by atoms with Crippen molar-refractivity contribution in [3.05, 3.63) is 23.2 Å². The number of hydrogen-bond donors (Lipinski definition) is 1. The average Bonchev–Trinajstić information content (AvgIpc) is 2.21. The summed E-state index contributed by atoms with van der Waals surface area (Å²) in [6.07, 6.45) is -4.39. The molecule has 0 spiro atoms. The van der Waals surface area contributed by atoms with Gasteiger partial charge in [0, 0.05) is 19.1 Å². The molecule has 0 amide bonds. The van der Waals surface area contributed by atoms with Crippen molar-refractivity contribution in [2.75, 3.05) is 13.2 Å². The van der Waals surface area contributed by atoms with Crippen LogP contribution in [0.4, 0.5) is 13.2 Å². The Morgan fingerprint density at radius 3 is 2.59 bits per heavy atom. The van der Waals surface area contributed by atoms with Crippen molar-refractivity contribution in [2.45, 2.75) is 12.8 Å². The van der Waals surface area contributed by atoms with E-state index in [0.29, 0.717) is 6.42 Å². The van der Waals surface area contributed by atoms with Gasteiger partial charge in [-0.1, -0.05) is 11.6 Å². The zero-order chi connectivity index (χ0) is 12.9. The van der Waals surface area contributed by atoms with Crippen LogP contribution in [-0.2, 0) is 0 Å². The molecular weight excluding hydrogens is 261 g/mol. The first kappa shape index (κ1) is 13.9. The van der Waals surface area contributed by atoms with Crippen LogP contribution < -0.4 is 9.47 Å². The van der Waals surface area contributed by atoms with Gasteiger partial charge in [-0.05, 0) is 12.1 Å². The fourth-order valence-corrected chi connectivity index (χ4v) is 1.21. The lowest BCUT2D eigenvalue weighted by molar-refractivity contribution is -0.274. The molecule has 17 heavy (non-hydrogen) atoms. The number of halogens is 4. The van der Waals surface area contributed by atoms with Crippen LogP contribution in [0, 0.1) is 0 Å². The van der Waals surface area contributed by atoms with Gasteiger partial charge in [-0.25, -0.2) is 0 Å². The van der Waals surface area contributed by atoms with E-state index < -0.39 is 12.1 Å². The minimum absolute atomic E-state index is 0.0731. The van der Waals surface area contributed by atoms with E-state index in [2.05, 4.69) is 4.74 Å². The van der Waals surface area contributed by atoms with Crippen LogP contribution >= 0.6 is 11.6 Å². The monoisotopic (exact) mass is 270 g/mol. The molecule has 0 aliphatic rings. The number of aliphatic hydroxyl groups excluding tert-OH is 1. The largest absolute Gasteiger partial charge is 0.573 e. The first-order valence-electron chi connectivity index (χ1n) is 4.71. The van der Waals surface area contributed by atoms with Gasteiger partial charge in [0.25, 0.3) is 0 Å². The highest BCUT2D eigenvalue weighted by Gasteiger charge is 2.31. The summed E-state index contributed by atoms with van der Waals surface area (Å²) in [7, 11) is 0. The van der Waals surface area contributed by atoms with E-state index in [-0.39, 0.29) is 24.0 Å². The normalized spacial score (nSPS) is 11.4. The van der Waals surface area contributed by atoms with Crippen LogP contribution in [0.5, 0.6) is 11.5 Å². The van der Waals surface area contributed by atoms with Gasteiger partial charge in [-0.3, -0.25) is 0 Å². The Kier molecular flexibility index (Phi) is 4.89. The van der Waals surface area contributed by atoms with Gasteiger partial charge in [0.15, 0.2) is 0 Å². The molecule has 1 aromatic rings. The van der Waals surface area contributed by atoms with E-state index >= 15 is 0 Å². The SMILES string of the molecule is OCCCOc1cc(OC(F)(F)F)ccc1Cl. The van der Waals surface area contributed by atoms with E-state index in [0.717, 1.165) is 12.1 Å². The summed E-state index contributed by atoms with van der Waals surface area (Å²) >= 11 is 5.72. The number of alkyl halides is 3. The standard InChI is InChI=1S/C10H10ClF3O3/c11-8-3-2-7(17-10(12,13)14)6-9(8)16-5-1-4-15/h2-3,6,15H,1,4-5H2. The lowest BCUT2D eigenvalue weighted by atomic mass is 10.3. The fraction of sp³-hybridized carbons (Fsp3) is 0.400. The molecule has 0 radical (unpaired) electrons. The molecule has 0 aliphatic carbocycles. The van der Waals surface area contributed by atoms with Crippen molar-refractivity contribution in [1.29, 1.82) is 0 Å². The van der Waals surface area contributed by atoms with Gasteiger partial charge >= 0.3 is 6.36 Å². The summed E-state index contributed by atoms with van der Waals surface area (Å²) in [5.74, 6) is -0.317. The number of hydrogen-bond acceptors (Lipinski definition) is 3. The number of benzene rings is 1. The lowest BCUT2D eigenvalue weighted by Crippen LogP contribution is -2.17. The predicted octanol–water partition coefficient (Wildman–Crippen LogP) is 3.00. The Labute approximate surface area is 101 Å². The van der Waals surface area contributed by atoms with E-state index in [1.807, 2.05) is 0 Å². The Morgan fingerprint density at radius 2 is 2.00 bits per heavy atom. The third kappa shape index (κ3) is 5.14. The molecule has 1 N–H and O–H groups in total. The summed E-state index contributed by atoms with van der Waals surface area (Å²) in [6.45, 7) is 0.0854. The topological polar surface area (TPSA) is 38.7 Å². The molecule has 0 bridgehead atoms. The van der Waals surface area contributed by atoms with Crippen molar-refractivity contribution in [3.63, 3.8) is 0 Å². The van der Waals surface area contributed by atoms with Crippen molar-refractivity contribution in [3.8, 4) is 11.5 Å². The molecule has 7 heteroatoms. The number of ether oxygens (including phenoxy) is 2. The third-order valence-corrected chi connectivity index (χ3v) is 2.01. The smallest absolute Gasteiger partial charge is 0.492 e. The fourth-order valence-electron chi connectivity index (χ4n) is 1.04. The molecule has 1 aromatic carbocycles. The van der Waals surface area contributed by atoms with Gasteiger partial charge in [0.05, 0.1) is 11.6 Å². The Bertz CT molecular complexity index is 368. The van der Waals surface area contributed by atoms with Crippen LogP contribution in [0.1, 0.15) is 6.42 Å². The van der Waals surface area contributed by atoms with Crippen LogP contribution in [-0.4, -0.2) is 24.7 Å². The third-order valence-electron chi connectivity index (χ3n) is 1.70. The van der Waals surface area contributed by atoms with Crippen molar-refractivity contribution in [2.24, 2.45) is 0 Å². The first-order valence-corrected chi connectivity index (χ1v) is 5.09. The quantitative estimate of drug-likeness (QED) is 0.836. The summed E-state index contributed by atoms with van der Waals surface area (Å²) < 4.78 is 44.7. The van der Waals surface area contributed by atoms with Gasteiger partial charge in [-0.15, -0.1) is 13.2 Å². The second-order valence-electron chi connectivity index (χ2n) is 3.07. The lowest BCUT2D eigenvalue weighted by Gasteiger charge is -2.12. The molecule has 3 nitrogen and oxygen atoms in total. The molecule has 0 aliphatic heterocycles. The summed E-state index contributed by atoms with van der Waals surface area (Å²) in [5.41, 5.74) is 0. The van der Waals surface area contributed by atoms with Crippen LogP contribution in [0.3, 0.4) is 0 Å². The molecule has 1 rings (SSSR count). The Hall–Kier alpha value is -1.14. The molecule has 0 unspecified atom stereocenters. The number of aliphatic hydroxyl groups is 1. The minimum Gasteiger partial charge on any atom is -0.492 e. The van der Waals surface area contributed by atoms with Crippen LogP contribution in [0.15, 0.2) is 18.2 Å². The second kappa shape index (κ2) is 5.97. The Balaban J connectivity index is 2.72. The highest BCUT2D eigenvalue weighted by molar-refractivity contribution is 6.32. The van der Waals surface area contributed by atoms with Gasteiger partial charge < -0.3 is 14.6 Å². The van der Waals surface area contributed by atoms with Gasteiger partial charge in [0.1, 0.15) is 11.5 Å². The predicted molar refractivity (Wildman–Crippen MR) is 55.3 cm³/mol. The summed E-state index contributed by atoms with van der Waals surface area (Å²) in [6, 6.07) is 3.39. The zero-order valence-corrected chi connectivity index (χ0v) is 9.38. The van der Waals surface area contributed by atoms with E-state index in [1.165, 1.54) is 6.07 Å². The summed E-state index contributed by atoms with van der Waals surface area (Å²) in [5, 5.41) is 8.71. The molecule has 0 saturated heterocycles. The van der Waals surface area contributed by atoms with Crippen molar-refractivity contribution >= 4 is 11.6 Å². The maximum atomic E-state index is 12.0. The average molecular weight is 271 g/mol. The highest BCUT2D eigenvalue weighted by Crippen LogP contribution is 2.31. The Morgan fingerprint density at radius 1 is 1.29 bits per heavy atom. The molecule has 0 fully saturated rings. The van der Waals surface area contributed by atoms with E-state index in [9.17, 15) is 13.2 Å². The van der Waals surface area contributed by atoms with E-state index in [1.54, 1.807) is 0 Å². The van der Waals surface area contributed by atoms with Crippen LogP contribution in [0.25, 0.3) is 0 Å². The molecule has 96 valence electrons. The van der Waals surface area contributed by atoms with Gasteiger partial charge in [-0.2, -0.15) is 0 Å². The van der Waals surface area contributed by atoms with Crippen molar-refractivity contribution in [1.82, 2.24) is 0 Å². The molecule has 0 heterocycles. The highest BCUT2D eigenvalue weighted by atomic mass is 35.5. The molecule has 0 atom stereocenters. The minimum atomic E-state index is -4.75. The maximum Gasteiger partial charge on any atom is 0.573 e. The number of rotatable bonds is 5. The summed E-state index contributed by atoms with van der Waals surface area (Å²) in [4.78, 5) is 0. The van der Waals surface area contributed by atoms with E-state index in [4.69, 9.17) is 21.4 Å². The van der Waals surface area contributed by atoms with Gasteiger partial charge in [0.2, 0.25) is 0 Å². The molecular formula is C10H10ClF3O3. The van der Waals surface area contributed by atoms with Crippen molar-refractivity contribution < 1.29 is 27.8 Å².